The normalized spacial score (nSPS) is 13.0. The van der Waals surface area contributed by atoms with Crippen molar-refractivity contribution in [3.8, 4) is 0 Å². The van der Waals surface area contributed by atoms with E-state index in [1.165, 1.54) is 24.3 Å². The molecule has 5 nitrogen and oxygen atoms in total. The molecule has 2 rings (SSSR count). The third-order valence-corrected chi connectivity index (χ3v) is 4.63. The Balaban J connectivity index is 1.95. The Morgan fingerprint density at radius 3 is 2.15 bits per heavy atom. The van der Waals surface area contributed by atoms with Gasteiger partial charge in [-0.2, -0.15) is 0 Å². The maximum atomic E-state index is 13.0. The summed E-state index contributed by atoms with van der Waals surface area (Å²) in [6.45, 7) is 7.86. The third-order valence-electron chi connectivity index (χ3n) is 4.63. The zero-order chi connectivity index (χ0) is 20.1. The lowest BCUT2D eigenvalue weighted by atomic mass is 10.1. The van der Waals surface area contributed by atoms with Crippen molar-refractivity contribution in [3.63, 3.8) is 0 Å². The van der Waals surface area contributed by atoms with E-state index in [1.807, 2.05) is 32.9 Å². The van der Waals surface area contributed by atoms with Gasteiger partial charge in [0.15, 0.2) is 12.6 Å². The molecule has 6 heteroatoms. The lowest BCUT2D eigenvalue weighted by molar-refractivity contribution is -0.885. The molecule has 0 saturated heterocycles. The van der Waals surface area contributed by atoms with Gasteiger partial charge in [-0.25, -0.2) is 4.39 Å². The molecular formula is C21H27FN3O2+. The molecule has 0 aliphatic rings. The van der Waals surface area contributed by atoms with Gasteiger partial charge < -0.3 is 15.5 Å². The zero-order valence-electron chi connectivity index (χ0n) is 16.4. The Hall–Kier alpha value is -2.73. The van der Waals surface area contributed by atoms with Gasteiger partial charge in [0.25, 0.3) is 11.8 Å². The number of hydrogen-bond acceptors (Lipinski definition) is 2. The predicted molar refractivity (Wildman–Crippen MR) is 106 cm³/mol. The molecule has 0 aliphatic carbocycles. The van der Waals surface area contributed by atoms with Crippen LogP contribution in [0.2, 0.25) is 0 Å². The number of carbonyl (C=O) groups excluding carboxylic acids is 2. The second-order valence-corrected chi connectivity index (χ2v) is 7.06. The monoisotopic (exact) mass is 372 g/mol. The molecule has 0 aliphatic heterocycles. The standard InChI is InChI=1S/C21H26FN3O2/c1-13-10-14(2)20(15(3)11-13)24-19(26)12-25(5)16(4)21(27)23-18-8-6-17(22)7-9-18/h6-11,16H,12H2,1-5H3,(H,23,27)(H,24,26)/p+1/t16-/m0/s1. The van der Waals surface area contributed by atoms with Crippen LogP contribution in [-0.2, 0) is 9.59 Å². The number of anilines is 2. The van der Waals surface area contributed by atoms with E-state index in [4.69, 9.17) is 0 Å². The van der Waals surface area contributed by atoms with E-state index in [-0.39, 0.29) is 24.2 Å². The van der Waals surface area contributed by atoms with E-state index in [0.29, 0.717) is 5.69 Å². The van der Waals surface area contributed by atoms with Crippen molar-refractivity contribution < 1.29 is 18.9 Å². The highest BCUT2D eigenvalue weighted by Gasteiger charge is 2.24. The van der Waals surface area contributed by atoms with Crippen LogP contribution in [0.3, 0.4) is 0 Å². The van der Waals surface area contributed by atoms with Crippen molar-refractivity contribution in [2.24, 2.45) is 0 Å². The average Bonchev–Trinajstić information content (AvgIpc) is 2.59. The SMILES string of the molecule is Cc1cc(C)c(NC(=O)C[NH+](C)[C@@H](C)C(=O)Nc2ccc(F)cc2)c(C)c1. The van der Waals surface area contributed by atoms with E-state index in [1.54, 1.807) is 14.0 Å². The summed E-state index contributed by atoms with van der Waals surface area (Å²) in [7, 11) is 1.79. The van der Waals surface area contributed by atoms with Gasteiger partial charge in [0, 0.05) is 11.4 Å². The minimum Gasteiger partial charge on any atom is -0.321 e. The zero-order valence-corrected chi connectivity index (χ0v) is 16.4. The van der Waals surface area contributed by atoms with Crippen molar-refractivity contribution >= 4 is 23.2 Å². The lowest BCUT2D eigenvalue weighted by Gasteiger charge is -2.21. The summed E-state index contributed by atoms with van der Waals surface area (Å²) < 4.78 is 13.0. The summed E-state index contributed by atoms with van der Waals surface area (Å²) in [6, 6.07) is 9.19. The molecule has 1 unspecified atom stereocenters. The molecular weight excluding hydrogens is 345 g/mol. The van der Waals surface area contributed by atoms with Crippen LogP contribution >= 0.6 is 0 Å². The fourth-order valence-corrected chi connectivity index (χ4v) is 2.97. The van der Waals surface area contributed by atoms with Crippen LogP contribution < -0.4 is 15.5 Å². The quantitative estimate of drug-likeness (QED) is 0.728. The summed E-state index contributed by atoms with van der Waals surface area (Å²) in [4.78, 5) is 25.6. The molecule has 2 amide bonds. The Morgan fingerprint density at radius 1 is 1.04 bits per heavy atom. The van der Waals surface area contributed by atoms with Crippen molar-refractivity contribution in [2.75, 3.05) is 24.2 Å². The van der Waals surface area contributed by atoms with Crippen LogP contribution in [0.25, 0.3) is 0 Å². The maximum absolute atomic E-state index is 13.0. The van der Waals surface area contributed by atoms with Gasteiger partial charge in [-0.05, 0) is 63.1 Å². The van der Waals surface area contributed by atoms with Gasteiger partial charge in [0.05, 0.1) is 7.05 Å². The van der Waals surface area contributed by atoms with Crippen molar-refractivity contribution in [1.82, 2.24) is 0 Å². The molecule has 0 radical (unpaired) electrons. The van der Waals surface area contributed by atoms with Crippen LogP contribution in [0.1, 0.15) is 23.6 Å². The highest BCUT2D eigenvalue weighted by molar-refractivity contribution is 5.95. The van der Waals surface area contributed by atoms with Gasteiger partial charge in [-0.3, -0.25) is 9.59 Å². The number of halogens is 1. The highest BCUT2D eigenvalue weighted by atomic mass is 19.1. The number of aryl methyl sites for hydroxylation is 3. The van der Waals surface area contributed by atoms with Gasteiger partial charge in [0.1, 0.15) is 5.82 Å². The number of hydrogen-bond donors (Lipinski definition) is 3. The van der Waals surface area contributed by atoms with E-state index in [2.05, 4.69) is 10.6 Å². The number of nitrogens with one attached hydrogen (secondary N) is 3. The minimum atomic E-state index is -0.444. The molecule has 0 fully saturated rings. The summed E-state index contributed by atoms with van der Waals surface area (Å²) >= 11 is 0. The maximum Gasteiger partial charge on any atom is 0.282 e. The Morgan fingerprint density at radius 2 is 1.59 bits per heavy atom. The summed E-state index contributed by atoms with van der Waals surface area (Å²) in [5.74, 6) is -0.735. The Kier molecular flexibility index (Phi) is 6.69. The van der Waals surface area contributed by atoms with Crippen molar-refractivity contribution in [1.29, 1.82) is 0 Å². The summed E-state index contributed by atoms with van der Waals surface area (Å²) in [5.41, 5.74) is 4.52. The molecule has 2 atom stereocenters. The molecule has 0 saturated carbocycles. The van der Waals surface area contributed by atoms with Gasteiger partial charge >= 0.3 is 0 Å². The third kappa shape index (κ3) is 5.62. The average molecular weight is 372 g/mol. The Bertz CT molecular complexity index is 811. The lowest BCUT2D eigenvalue weighted by Crippen LogP contribution is -3.14. The molecule has 2 aromatic carbocycles. The largest absolute Gasteiger partial charge is 0.321 e. The first-order valence-corrected chi connectivity index (χ1v) is 8.94. The van der Waals surface area contributed by atoms with E-state index < -0.39 is 6.04 Å². The molecule has 0 aromatic heterocycles. The number of quaternary nitrogens is 1. The summed E-state index contributed by atoms with van der Waals surface area (Å²) in [6.07, 6.45) is 0. The Labute approximate surface area is 159 Å². The number of carbonyl (C=O) groups is 2. The predicted octanol–water partition coefficient (Wildman–Crippen LogP) is 2.23. The molecule has 0 bridgehead atoms. The number of likely N-dealkylation sites (N-methyl/N-ethyl adjacent to an activating group) is 1. The van der Waals surface area contributed by atoms with Crippen LogP contribution in [0.15, 0.2) is 36.4 Å². The molecule has 27 heavy (non-hydrogen) atoms. The number of amides is 2. The van der Waals surface area contributed by atoms with Crippen molar-refractivity contribution in [2.45, 2.75) is 33.7 Å². The van der Waals surface area contributed by atoms with Gasteiger partial charge in [-0.1, -0.05) is 17.7 Å². The molecule has 0 heterocycles. The first-order valence-electron chi connectivity index (χ1n) is 8.94. The highest BCUT2D eigenvalue weighted by Crippen LogP contribution is 2.21. The topological polar surface area (TPSA) is 62.6 Å². The smallest absolute Gasteiger partial charge is 0.282 e. The van der Waals surface area contributed by atoms with E-state index >= 15 is 0 Å². The molecule has 144 valence electrons. The number of benzene rings is 2. The fourth-order valence-electron chi connectivity index (χ4n) is 2.97. The first-order chi connectivity index (χ1) is 12.7. The van der Waals surface area contributed by atoms with Crippen LogP contribution in [-0.4, -0.2) is 31.4 Å². The fraction of sp³-hybridized carbons (Fsp3) is 0.333. The van der Waals surface area contributed by atoms with Gasteiger partial charge in [-0.15, -0.1) is 0 Å². The van der Waals surface area contributed by atoms with Crippen LogP contribution in [0.5, 0.6) is 0 Å². The van der Waals surface area contributed by atoms with E-state index in [0.717, 1.165) is 27.3 Å². The molecule has 0 spiro atoms. The first kappa shape index (κ1) is 20.6. The van der Waals surface area contributed by atoms with Crippen molar-refractivity contribution in [3.05, 3.63) is 58.9 Å². The second kappa shape index (κ2) is 8.77. The van der Waals surface area contributed by atoms with E-state index in [9.17, 15) is 14.0 Å². The second-order valence-electron chi connectivity index (χ2n) is 7.06. The van der Waals surface area contributed by atoms with Crippen LogP contribution in [0, 0.1) is 26.6 Å². The number of rotatable bonds is 6. The molecule has 3 N–H and O–H groups in total. The van der Waals surface area contributed by atoms with Crippen LogP contribution in [0.4, 0.5) is 15.8 Å². The van der Waals surface area contributed by atoms with Gasteiger partial charge in [0.2, 0.25) is 0 Å². The summed E-state index contributed by atoms with van der Waals surface area (Å²) in [5, 5.41) is 5.69. The minimum absolute atomic E-state index is 0.149. The molecule has 2 aromatic rings.